The van der Waals surface area contributed by atoms with Crippen LogP contribution in [0.25, 0.3) is 11.8 Å². The molecule has 28 heavy (non-hydrogen) atoms. The molecule has 0 fully saturated rings. The molecule has 0 spiro atoms. The minimum atomic E-state index is -0.256. The van der Waals surface area contributed by atoms with E-state index in [2.05, 4.69) is 20.5 Å². The summed E-state index contributed by atoms with van der Waals surface area (Å²) in [4.78, 5) is 16.9. The summed E-state index contributed by atoms with van der Waals surface area (Å²) in [6.07, 6.45) is 1.77. The first kappa shape index (κ1) is 19.4. The molecule has 0 atom stereocenters. The van der Waals surface area contributed by atoms with Crippen LogP contribution in [0.15, 0.2) is 42.5 Å². The van der Waals surface area contributed by atoms with Gasteiger partial charge in [-0.15, -0.1) is 0 Å². The number of H-pyrrole nitrogens is 2. The van der Waals surface area contributed by atoms with Crippen molar-refractivity contribution in [3.8, 4) is 11.5 Å². The molecule has 0 saturated heterocycles. The Labute approximate surface area is 167 Å². The highest BCUT2D eigenvalue weighted by molar-refractivity contribution is 7.71. The van der Waals surface area contributed by atoms with Crippen LogP contribution in [-0.2, 0) is 0 Å². The van der Waals surface area contributed by atoms with E-state index >= 15 is 0 Å². The van der Waals surface area contributed by atoms with Crippen LogP contribution < -0.4 is 14.8 Å². The minimum Gasteiger partial charge on any atom is -0.493 e. The molecule has 1 heterocycles. The summed E-state index contributed by atoms with van der Waals surface area (Å²) >= 11 is 5.04. The van der Waals surface area contributed by atoms with Crippen molar-refractivity contribution in [3.63, 3.8) is 0 Å². The Morgan fingerprint density at radius 3 is 2.39 bits per heavy atom. The standard InChI is InChI=1S/C20H20N4O3S/c1-12-4-7-14(8-5-12)19(25)21-15(18-22-20(28)24-23-18)10-13-6-9-16(26-2)17(11-13)27-3/h4-11H,1-3H3,(H,21,25)(H2,22,23,24,28)/b15-10+. The van der Waals surface area contributed by atoms with Crippen molar-refractivity contribution in [3.05, 3.63) is 69.8 Å². The summed E-state index contributed by atoms with van der Waals surface area (Å²) in [6, 6.07) is 12.7. The second kappa shape index (κ2) is 8.53. The van der Waals surface area contributed by atoms with Gasteiger partial charge in [0.25, 0.3) is 5.91 Å². The van der Waals surface area contributed by atoms with Gasteiger partial charge in [0.1, 0.15) is 0 Å². The van der Waals surface area contributed by atoms with Crippen molar-refractivity contribution in [1.82, 2.24) is 20.5 Å². The highest BCUT2D eigenvalue weighted by Crippen LogP contribution is 2.28. The molecule has 0 aliphatic heterocycles. The quantitative estimate of drug-likeness (QED) is 0.552. The van der Waals surface area contributed by atoms with Gasteiger partial charge < -0.3 is 14.8 Å². The van der Waals surface area contributed by atoms with Gasteiger partial charge in [-0.25, -0.2) is 0 Å². The van der Waals surface area contributed by atoms with Gasteiger partial charge in [0, 0.05) is 5.56 Å². The van der Waals surface area contributed by atoms with E-state index in [1.807, 2.05) is 25.1 Å². The van der Waals surface area contributed by atoms with Crippen LogP contribution >= 0.6 is 12.2 Å². The first-order chi connectivity index (χ1) is 13.5. The monoisotopic (exact) mass is 396 g/mol. The molecule has 2 aromatic carbocycles. The molecule has 8 heteroatoms. The van der Waals surface area contributed by atoms with Gasteiger partial charge in [0.2, 0.25) is 4.77 Å². The van der Waals surface area contributed by atoms with Crippen molar-refractivity contribution >= 4 is 29.9 Å². The number of nitrogens with one attached hydrogen (secondary N) is 3. The summed E-state index contributed by atoms with van der Waals surface area (Å²) < 4.78 is 10.9. The van der Waals surface area contributed by atoms with Crippen LogP contribution in [0.1, 0.15) is 27.3 Å². The van der Waals surface area contributed by atoms with Crippen molar-refractivity contribution in [2.24, 2.45) is 0 Å². The van der Waals surface area contributed by atoms with E-state index in [0.717, 1.165) is 11.1 Å². The van der Waals surface area contributed by atoms with Gasteiger partial charge in [0.15, 0.2) is 17.3 Å². The normalized spacial score (nSPS) is 11.2. The van der Waals surface area contributed by atoms with Gasteiger partial charge in [-0.1, -0.05) is 23.8 Å². The molecule has 0 aliphatic rings. The third-order valence-electron chi connectivity index (χ3n) is 4.04. The molecule has 7 nitrogen and oxygen atoms in total. The summed E-state index contributed by atoms with van der Waals surface area (Å²) in [5.74, 6) is 1.36. The summed E-state index contributed by atoms with van der Waals surface area (Å²) in [6.45, 7) is 1.97. The average molecular weight is 396 g/mol. The molecular weight excluding hydrogens is 376 g/mol. The van der Waals surface area contributed by atoms with Crippen LogP contribution in [0.4, 0.5) is 0 Å². The maximum atomic E-state index is 12.7. The van der Waals surface area contributed by atoms with Gasteiger partial charge in [0.05, 0.1) is 19.9 Å². The van der Waals surface area contributed by atoms with E-state index < -0.39 is 0 Å². The molecule has 0 bridgehead atoms. The van der Waals surface area contributed by atoms with E-state index in [1.54, 1.807) is 44.6 Å². The van der Waals surface area contributed by atoms with E-state index in [-0.39, 0.29) is 10.7 Å². The molecule has 1 aromatic heterocycles. The van der Waals surface area contributed by atoms with Gasteiger partial charge >= 0.3 is 0 Å². The Morgan fingerprint density at radius 2 is 1.79 bits per heavy atom. The number of methoxy groups -OCH3 is 2. The molecule has 3 rings (SSSR count). The maximum absolute atomic E-state index is 12.7. The summed E-state index contributed by atoms with van der Waals surface area (Å²) in [5, 5.41) is 8.49. The largest absolute Gasteiger partial charge is 0.493 e. The predicted octanol–water partition coefficient (Wildman–Crippen LogP) is 3.72. The van der Waals surface area contributed by atoms with E-state index in [1.165, 1.54) is 0 Å². The smallest absolute Gasteiger partial charge is 0.255 e. The number of carbonyl (C=O) groups is 1. The summed E-state index contributed by atoms with van der Waals surface area (Å²) in [5.41, 5.74) is 2.87. The lowest BCUT2D eigenvalue weighted by atomic mass is 10.1. The first-order valence-corrected chi connectivity index (χ1v) is 8.88. The zero-order valence-corrected chi connectivity index (χ0v) is 16.5. The number of nitrogens with zero attached hydrogens (tertiary/aromatic N) is 1. The fourth-order valence-corrected chi connectivity index (χ4v) is 2.71. The van der Waals surface area contributed by atoms with Gasteiger partial charge in [-0.05, 0) is 55.0 Å². The number of rotatable bonds is 6. The number of hydrogen-bond acceptors (Lipinski definition) is 5. The highest BCUT2D eigenvalue weighted by Gasteiger charge is 2.13. The number of aryl methyl sites for hydroxylation is 1. The molecule has 1 amide bonds. The first-order valence-electron chi connectivity index (χ1n) is 8.47. The third kappa shape index (κ3) is 4.47. The Kier molecular flexibility index (Phi) is 5.90. The van der Waals surface area contributed by atoms with Crippen molar-refractivity contribution in [2.75, 3.05) is 14.2 Å². The summed E-state index contributed by atoms with van der Waals surface area (Å²) in [7, 11) is 3.14. The Bertz CT molecular complexity index is 1070. The fraction of sp³-hybridized carbons (Fsp3) is 0.150. The van der Waals surface area contributed by atoms with Crippen molar-refractivity contribution < 1.29 is 14.3 Å². The zero-order valence-electron chi connectivity index (χ0n) is 15.7. The lowest BCUT2D eigenvalue weighted by molar-refractivity contribution is 0.0973. The van der Waals surface area contributed by atoms with Crippen LogP contribution in [0.2, 0.25) is 0 Å². The van der Waals surface area contributed by atoms with Crippen LogP contribution in [0, 0.1) is 11.7 Å². The lowest BCUT2D eigenvalue weighted by Gasteiger charge is -2.10. The van der Waals surface area contributed by atoms with E-state index in [9.17, 15) is 4.79 Å². The zero-order chi connectivity index (χ0) is 20.1. The number of ether oxygens (including phenoxy) is 2. The number of carbonyl (C=O) groups excluding carboxylic acids is 1. The van der Waals surface area contributed by atoms with E-state index in [0.29, 0.717) is 28.6 Å². The molecule has 0 unspecified atom stereocenters. The number of benzene rings is 2. The van der Waals surface area contributed by atoms with E-state index in [4.69, 9.17) is 21.7 Å². The molecule has 0 saturated carbocycles. The van der Waals surface area contributed by atoms with Crippen molar-refractivity contribution in [2.45, 2.75) is 6.92 Å². The third-order valence-corrected chi connectivity index (χ3v) is 4.23. The number of hydrogen-bond donors (Lipinski definition) is 3. The van der Waals surface area contributed by atoms with Gasteiger partial charge in [-0.2, -0.15) is 4.98 Å². The Hall–Kier alpha value is -3.39. The fourth-order valence-electron chi connectivity index (χ4n) is 2.57. The van der Waals surface area contributed by atoms with Crippen LogP contribution in [-0.4, -0.2) is 35.3 Å². The van der Waals surface area contributed by atoms with Crippen LogP contribution in [0.3, 0.4) is 0 Å². The number of aromatic nitrogens is 3. The Balaban J connectivity index is 1.97. The topological polar surface area (TPSA) is 92.0 Å². The molecule has 3 N–H and O–H groups in total. The lowest BCUT2D eigenvalue weighted by Crippen LogP contribution is -2.22. The van der Waals surface area contributed by atoms with Gasteiger partial charge in [-0.3, -0.25) is 15.0 Å². The Morgan fingerprint density at radius 1 is 1.07 bits per heavy atom. The minimum absolute atomic E-state index is 0.256. The highest BCUT2D eigenvalue weighted by atomic mass is 32.1. The number of amides is 1. The van der Waals surface area contributed by atoms with Crippen LogP contribution in [0.5, 0.6) is 11.5 Å². The van der Waals surface area contributed by atoms with Crippen molar-refractivity contribution in [1.29, 1.82) is 0 Å². The maximum Gasteiger partial charge on any atom is 0.255 e. The molecule has 0 aliphatic carbocycles. The SMILES string of the molecule is COc1ccc(/C=C(/NC(=O)c2ccc(C)cc2)c2nc(=S)[nH][nH]2)cc1OC. The molecular formula is C20H20N4O3S. The second-order valence-corrected chi connectivity index (χ2v) is 6.39. The molecule has 3 aromatic rings. The molecule has 144 valence electrons. The number of aromatic amines is 2. The average Bonchev–Trinajstić information content (AvgIpc) is 3.14. The second-order valence-electron chi connectivity index (χ2n) is 6.01. The predicted molar refractivity (Wildman–Crippen MR) is 110 cm³/mol. The molecule has 0 radical (unpaired) electrons.